The fourth-order valence-corrected chi connectivity index (χ4v) is 1.90. The summed E-state index contributed by atoms with van der Waals surface area (Å²) in [4.78, 5) is 8.44. The van der Waals surface area contributed by atoms with Crippen molar-refractivity contribution in [2.24, 2.45) is 0 Å². The molecule has 1 aliphatic heterocycles. The highest BCUT2D eigenvalue weighted by Crippen LogP contribution is 2.12. The van der Waals surface area contributed by atoms with E-state index in [0.29, 0.717) is 0 Å². The first-order chi connectivity index (χ1) is 7.24. The van der Waals surface area contributed by atoms with Crippen LogP contribution in [-0.4, -0.2) is 41.3 Å². The number of hydrazine groups is 1. The van der Waals surface area contributed by atoms with Gasteiger partial charge < -0.3 is 10.2 Å². The molecule has 0 unspecified atom stereocenters. The lowest BCUT2D eigenvalue weighted by molar-refractivity contribution is 0.0495. The average molecular weight is 273 g/mol. The van der Waals surface area contributed by atoms with Crippen LogP contribution in [0.4, 0.5) is 5.82 Å². The molecule has 1 aliphatic rings. The van der Waals surface area contributed by atoms with Crippen LogP contribution in [0.2, 0.25) is 0 Å². The molecule has 0 aliphatic carbocycles. The normalized spacial score (nSPS) is 17.7. The molecule has 1 saturated heterocycles. The van der Waals surface area contributed by atoms with Crippen LogP contribution in [0.25, 0.3) is 0 Å². The van der Waals surface area contributed by atoms with Crippen LogP contribution in [0.5, 0.6) is 0 Å². The molecular formula is C9H13BrN4O. The van der Waals surface area contributed by atoms with E-state index in [2.05, 4.69) is 36.3 Å². The summed E-state index contributed by atoms with van der Waals surface area (Å²) >= 11 is 3.34. The number of nitrogens with zero attached hydrogens (tertiary/aromatic N) is 3. The summed E-state index contributed by atoms with van der Waals surface area (Å²) in [7, 11) is 0. The average Bonchev–Trinajstić information content (AvgIpc) is 2.17. The Morgan fingerprint density at radius 3 is 2.80 bits per heavy atom. The Bertz CT molecular complexity index is 321. The monoisotopic (exact) mass is 272 g/mol. The summed E-state index contributed by atoms with van der Waals surface area (Å²) in [5, 5.41) is 2.09. The second kappa shape index (κ2) is 4.87. The van der Waals surface area contributed by atoms with Gasteiger partial charge in [0, 0.05) is 19.2 Å². The third-order valence-electron chi connectivity index (χ3n) is 2.09. The topological polar surface area (TPSA) is 50.3 Å². The van der Waals surface area contributed by atoms with Gasteiger partial charge in [0.15, 0.2) is 0 Å². The first kappa shape index (κ1) is 10.8. The Hall–Kier alpha value is -0.720. The largest absolute Gasteiger partial charge is 0.379 e. The number of aryl methyl sites for hydroxylation is 1. The van der Waals surface area contributed by atoms with Crippen molar-refractivity contribution in [1.29, 1.82) is 0 Å². The number of aromatic nitrogens is 2. The van der Waals surface area contributed by atoms with E-state index in [1.54, 1.807) is 0 Å². The van der Waals surface area contributed by atoms with E-state index < -0.39 is 0 Å². The molecule has 0 spiro atoms. The van der Waals surface area contributed by atoms with Gasteiger partial charge in [-0.25, -0.2) is 15.0 Å². The molecule has 0 bridgehead atoms. The van der Waals surface area contributed by atoms with Gasteiger partial charge in [-0.3, -0.25) is 0 Å². The minimum atomic E-state index is 0.750. The minimum Gasteiger partial charge on any atom is -0.379 e. The van der Waals surface area contributed by atoms with Gasteiger partial charge in [-0.05, 0) is 22.9 Å². The van der Waals surface area contributed by atoms with E-state index in [1.807, 2.05) is 13.0 Å². The zero-order valence-electron chi connectivity index (χ0n) is 8.53. The van der Waals surface area contributed by atoms with E-state index in [0.717, 1.165) is 42.5 Å². The van der Waals surface area contributed by atoms with Crippen LogP contribution >= 0.6 is 15.9 Å². The molecule has 6 heteroatoms. The van der Waals surface area contributed by atoms with Crippen LogP contribution in [0.1, 0.15) is 5.82 Å². The lowest BCUT2D eigenvalue weighted by Crippen LogP contribution is -2.40. The molecule has 5 nitrogen and oxygen atoms in total. The van der Waals surface area contributed by atoms with Crippen LogP contribution in [0.15, 0.2) is 10.7 Å². The Kier molecular flexibility index (Phi) is 3.50. The molecule has 1 aromatic heterocycles. The van der Waals surface area contributed by atoms with Gasteiger partial charge in [-0.15, -0.1) is 0 Å². The van der Waals surface area contributed by atoms with Crippen molar-refractivity contribution < 1.29 is 4.74 Å². The number of anilines is 1. The maximum atomic E-state index is 5.26. The summed E-state index contributed by atoms with van der Waals surface area (Å²) < 4.78 is 6.06. The Balaban J connectivity index is 2.02. The molecular weight excluding hydrogens is 260 g/mol. The third kappa shape index (κ3) is 3.12. The molecule has 0 amide bonds. The number of rotatable bonds is 2. The maximum absolute atomic E-state index is 5.26. The summed E-state index contributed by atoms with van der Waals surface area (Å²) in [5.74, 6) is 1.57. The van der Waals surface area contributed by atoms with Crippen LogP contribution in [0.3, 0.4) is 0 Å². The van der Waals surface area contributed by atoms with Gasteiger partial charge in [0.1, 0.15) is 16.2 Å². The zero-order valence-corrected chi connectivity index (χ0v) is 10.1. The number of hydrogen-bond donors (Lipinski definition) is 1. The smallest absolute Gasteiger partial charge is 0.145 e. The number of halogens is 1. The Labute approximate surface area is 97.0 Å². The van der Waals surface area contributed by atoms with E-state index in [9.17, 15) is 0 Å². The molecule has 2 heterocycles. The second-order valence-corrected chi connectivity index (χ2v) is 4.15. The van der Waals surface area contributed by atoms with Crippen molar-refractivity contribution >= 4 is 21.7 Å². The van der Waals surface area contributed by atoms with E-state index in [4.69, 9.17) is 4.74 Å². The van der Waals surface area contributed by atoms with E-state index >= 15 is 0 Å². The molecule has 0 atom stereocenters. The number of ether oxygens (including phenoxy) is 1. The standard InChI is InChI=1S/C9H13BrN4O/c1-7-11-8(10)6-9(12-7)13-14-2-4-15-5-3-14/h6H,2-5H2,1H3,(H,11,12,13). The van der Waals surface area contributed by atoms with Crippen molar-refractivity contribution in [3.05, 3.63) is 16.5 Å². The highest BCUT2D eigenvalue weighted by molar-refractivity contribution is 9.10. The van der Waals surface area contributed by atoms with Crippen LogP contribution in [-0.2, 0) is 4.74 Å². The highest BCUT2D eigenvalue weighted by atomic mass is 79.9. The van der Waals surface area contributed by atoms with E-state index in [1.165, 1.54) is 0 Å². The fraction of sp³-hybridized carbons (Fsp3) is 0.556. The van der Waals surface area contributed by atoms with Crippen molar-refractivity contribution in [2.45, 2.75) is 6.92 Å². The fourth-order valence-electron chi connectivity index (χ4n) is 1.43. The first-order valence-corrected chi connectivity index (χ1v) is 5.64. The van der Waals surface area contributed by atoms with Crippen LogP contribution in [0, 0.1) is 6.92 Å². The summed E-state index contributed by atoms with van der Waals surface area (Å²) in [6.07, 6.45) is 0. The third-order valence-corrected chi connectivity index (χ3v) is 2.50. The lowest BCUT2D eigenvalue weighted by atomic mass is 10.5. The van der Waals surface area contributed by atoms with Gasteiger partial charge in [0.05, 0.1) is 13.2 Å². The first-order valence-electron chi connectivity index (χ1n) is 4.84. The molecule has 1 aromatic rings. The second-order valence-electron chi connectivity index (χ2n) is 3.33. The molecule has 0 saturated carbocycles. The summed E-state index contributed by atoms with van der Waals surface area (Å²) in [6.45, 7) is 5.15. The van der Waals surface area contributed by atoms with Gasteiger partial charge in [-0.1, -0.05) is 0 Å². The number of nitrogens with one attached hydrogen (secondary N) is 1. The van der Waals surface area contributed by atoms with Gasteiger partial charge in [0.2, 0.25) is 0 Å². The molecule has 0 aromatic carbocycles. The predicted octanol–water partition coefficient (Wildman–Crippen LogP) is 1.21. The van der Waals surface area contributed by atoms with Crippen molar-refractivity contribution in [2.75, 3.05) is 31.7 Å². The summed E-state index contributed by atoms with van der Waals surface area (Å²) in [5.41, 5.74) is 3.23. The zero-order chi connectivity index (χ0) is 10.7. The van der Waals surface area contributed by atoms with Crippen molar-refractivity contribution in [1.82, 2.24) is 15.0 Å². The van der Waals surface area contributed by atoms with Crippen LogP contribution < -0.4 is 5.43 Å². The van der Waals surface area contributed by atoms with Gasteiger partial charge in [0.25, 0.3) is 0 Å². The van der Waals surface area contributed by atoms with Crippen molar-refractivity contribution in [3.8, 4) is 0 Å². The molecule has 82 valence electrons. The minimum absolute atomic E-state index is 0.750. The molecule has 1 fully saturated rings. The number of hydrogen-bond acceptors (Lipinski definition) is 5. The Morgan fingerprint density at radius 2 is 2.13 bits per heavy atom. The summed E-state index contributed by atoms with van der Waals surface area (Å²) in [6, 6.07) is 1.86. The van der Waals surface area contributed by atoms with Gasteiger partial charge >= 0.3 is 0 Å². The van der Waals surface area contributed by atoms with Crippen molar-refractivity contribution in [3.63, 3.8) is 0 Å². The molecule has 15 heavy (non-hydrogen) atoms. The predicted molar refractivity (Wildman–Crippen MR) is 60.5 cm³/mol. The lowest BCUT2D eigenvalue weighted by Gasteiger charge is -2.27. The quantitative estimate of drug-likeness (QED) is 0.821. The molecule has 2 rings (SSSR count). The Morgan fingerprint density at radius 1 is 1.40 bits per heavy atom. The number of morpholine rings is 1. The van der Waals surface area contributed by atoms with Gasteiger partial charge in [-0.2, -0.15) is 0 Å². The highest BCUT2D eigenvalue weighted by Gasteiger charge is 2.10. The molecule has 1 N–H and O–H groups in total. The maximum Gasteiger partial charge on any atom is 0.145 e. The SMILES string of the molecule is Cc1nc(Br)cc(NN2CCOCC2)n1. The molecule has 0 radical (unpaired) electrons. The van der Waals surface area contributed by atoms with E-state index in [-0.39, 0.29) is 0 Å².